The van der Waals surface area contributed by atoms with Crippen LogP contribution in [0.5, 0.6) is 5.88 Å². The number of pyridine rings is 1. The van der Waals surface area contributed by atoms with E-state index in [0.29, 0.717) is 23.7 Å². The second-order valence-electron chi connectivity index (χ2n) is 7.71. The van der Waals surface area contributed by atoms with Crippen LogP contribution >= 0.6 is 11.6 Å². The Balaban J connectivity index is 1.72. The summed E-state index contributed by atoms with van der Waals surface area (Å²) in [5.74, 6) is 0.547. The van der Waals surface area contributed by atoms with Crippen molar-refractivity contribution in [2.75, 3.05) is 6.61 Å². The molecule has 0 amide bonds. The molecule has 0 bridgehead atoms. The molecule has 1 aliphatic carbocycles. The van der Waals surface area contributed by atoms with Gasteiger partial charge in [-0.3, -0.25) is 0 Å². The van der Waals surface area contributed by atoms with Gasteiger partial charge in [-0.05, 0) is 45.7 Å². The van der Waals surface area contributed by atoms with Gasteiger partial charge in [0.05, 0.1) is 12.2 Å². The minimum Gasteiger partial charge on any atom is -0.476 e. The molecule has 3 rings (SSSR count). The van der Waals surface area contributed by atoms with E-state index in [0.717, 1.165) is 0 Å². The van der Waals surface area contributed by atoms with Crippen molar-refractivity contribution in [3.05, 3.63) is 35.1 Å². The lowest BCUT2D eigenvalue weighted by atomic mass is 10.2. The number of aromatic nitrogens is 3. The molecule has 0 radical (unpaired) electrons. The second kappa shape index (κ2) is 6.33. The first-order valence-electron chi connectivity index (χ1n) is 8.24. The SMILES string of the molecule is CC1(COc2ccn(-c3ccc(C(=O)OC(C)(C)C)c(Cl)n3)n2)CC1. The Morgan fingerprint density at radius 3 is 2.64 bits per heavy atom. The van der Waals surface area contributed by atoms with Crippen LogP contribution in [0.2, 0.25) is 5.15 Å². The molecule has 1 fully saturated rings. The van der Waals surface area contributed by atoms with E-state index in [1.54, 1.807) is 49.8 Å². The fourth-order valence-corrected chi connectivity index (χ4v) is 2.38. The zero-order chi connectivity index (χ0) is 18.2. The number of hydrogen-bond acceptors (Lipinski definition) is 5. The Labute approximate surface area is 152 Å². The van der Waals surface area contributed by atoms with E-state index in [4.69, 9.17) is 21.1 Å². The van der Waals surface area contributed by atoms with Gasteiger partial charge >= 0.3 is 5.97 Å². The highest BCUT2D eigenvalue weighted by Gasteiger charge is 2.38. The van der Waals surface area contributed by atoms with Gasteiger partial charge in [0, 0.05) is 17.7 Å². The molecule has 0 N–H and O–H groups in total. The van der Waals surface area contributed by atoms with Crippen molar-refractivity contribution in [1.82, 2.24) is 14.8 Å². The molecule has 0 aromatic carbocycles. The van der Waals surface area contributed by atoms with Gasteiger partial charge < -0.3 is 9.47 Å². The quantitative estimate of drug-likeness (QED) is 0.592. The Hall–Kier alpha value is -2.08. The molecule has 25 heavy (non-hydrogen) atoms. The van der Waals surface area contributed by atoms with Crippen molar-refractivity contribution < 1.29 is 14.3 Å². The largest absolute Gasteiger partial charge is 0.476 e. The molecule has 0 atom stereocenters. The van der Waals surface area contributed by atoms with Crippen LogP contribution in [0.25, 0.3) is 5.82 Å². The van der Waals surface area contributed by atoms with Gasteiger partial charge in [-0.25, -0.2) is 14.5 Å². The van der Waals surface area contributed by atoms with Gasteiger partial charge in [0.1, 0.15) is 10.8 Å². The summed E-state index contributed by atoms with van der Waals surface area (Å²) in [6.07, 6.45) is 4.13. The minimum atomic E-state index is -0.592. The van der Waals surface area contributed by atoms with Crippen LogP contribution in [0, 0.1) is 5.41 Å². The number of carbonyl (C=O) groups excluding carboxylic acids is 1. The maximum Gasteiger partial charge on any atom is 0.341 e. The molecule has 1 saturated carbocycles. The van der Waals surface area contributed by atoms with Crippen LogP contribution < -0.4 is 4.74 Å². The molecule has 0 spiro atoms. The van der Waals surface area contributed by atoms with Gasteiger partial charge in [0.2, 0.25) is 5.88 Å². The zero-order valence-corrected chi connectivity index (χ0v) is 15.6. The molecule has 0 unspecified atom stereocenters. The van der Waals surface area contributed by atoms with Crippen LogP contribution in [-0.4, -0.2) is 32.9 Å². The summed E-state index contributed by atoms with van der Waals surface area (Å²) in [5, 5.41) is 4.42. The van der Waals surface area contributed by atoms with Crippen molar-refractivity contribution >= 4 is 17.6 Å². The molecule has 2 heterocycles. The van der Waals surface area contributed by atoms with Crippen molar-refractivity contribution in [3.8, 4) is 11.7 Å². The molecule has 6 nitrogen and oxygen atoms in total. The molecule has 2 aromatic rings. The van der Waals surface area contributed by atoms with E-state index in [9.17, 15) is 4.79 Å². The molecular weight excluding hydrogens is 342 g/mol. The predicted octanol–water partition coefficient (Wildman–Crippen LogP) is 4.05. The fraction of sp³-hybridized carbons (Fsp3) is 0.500. The Kier molecular flexibility index (Phi) is 4.49. The topological polar surface area (TPSA) is 66.2 Å². The van der Waals surface area contributed by atoms with E-state index in [1.165, 1.54) is 12.8 Å². The first-order valence-corrected chi connectivity index (χ1v) is 8.62. The summed E-state index contributed by atoms with van der Waals surface area (Å²) in [5.41, 5.74) is -0.0723. The van der Waals surface area contributed by atoms with E-state index in [-0.39, 0.29) is 10.7 Å². The lowest BCUT2D eigenvalue weighted by Gasteiger charge is -2.19. The molecule has 1 aliphatic rings. The Morgan fingerprint density at radius 2 is 2.04 bits per heavy atom. The summed E-state index contributed by atoms with van der Waals surface area (Å²) >= 11 is 6.15. The smallest absolute Gasteiger partial charge is 0.341 e. The predicted molar refractivity (Wildman–Crippen MR) is 94.4 cm³/mol. The van der Waals surface area contributed by atoms with Gasteiger partial charge in [-0.2, -0.15) is 0 Å². The van der Waals surface area contributed by atoms with E-state index >= 15 is 0 Å². The number of rotatable bonds is 5. The summed E-state index contributed by atoms with van der Waals surface area (Å²) in [4.78, 5) is 16.4. The van der Waals surface area contributed by atoms with Crippen molar-refractivity contribution in [1.29, 1.82) is 0 Å². The number of ether oxygens (including phenoxy) is 2. The monoisotopic (exact) mass is 363 g/mol. The van der Waals surface area contributed by atoms with Crippen LogP contribution in [0.3, 0.4) is 0 Å². The highest BCUT2D eigenvalue weighted by atomic mass is 35.5. The third-order valence-electron chi connectivity index (χ3n) is 3.92. The molecule has 2 aromatic heterocycles. The standard InChI is InChI=1S/C18H22ClN3O3/c1-17(2,3)25-16(23)12-5-6-13(20-15(12)19)22-10-7-14(21-22)24-11-18(4)8-9-18/h5-7,10H,8-9,11H2,1-4H3. The van der Waals surface area contributed by atoms with Crippen molar-refractivity contribution in [2.24, 2.45) is 5.41 Å². The maximum atomic E-state index is 12.1. The van der Waals surface area contributed by atoms with E-state index in [2.05, 4.69) is 17.0 Å². The van der Waals surface area contributed by atoms with E-state index < -0.39 is 11.6 Å². The average Bonchev–Trinajstić information content (AvgIpc) is 3.07. The van der Waals surface area contributed by atoms with Gasteiger partial charge in [-0.1, -0.05) is 18.5 Å². The summed E-state index contributed by atoms with van der Waals surface area (Å²) in [7, 11) is 0. The van der Waals surface area contributed by atoms with Gasteiger partial charge in [-0.15, -0.1) is 5.10 Å². The normalized spacial score (nSPS) is 15.7. The number of halogens is 1. The average molecular weight is 364 g/mol. The second-order valence-corrected chi connectivity index (χ2v) is 8.07. The molecule has 134 valence electrons. The summed E-state index contributed by atoms with van der Waals surface area (Å²) < 4.78 is 12.6. The molecule has 0 saturated heterocycles. The number of carbonyl (C=O) groups is 1. The first-order chi connectivity index (χ1) is 11.7. The van der Waals surface area contributed by atoms with Gasteiger partial charge in [0.15, 0.2) is 5.82 Å². The zero-order valence-electron chi connectivity index (χ0n) is 14.9. The minimum absolute atomic E-state index is 0.0789. The number of esters is 1. The first kappa shape index (κ1) is 17.7. The number of nitrogens with zero attached hydrogens (tertiary/aromatic N) is 3. The van der Waals surface area contributed by atoms with Crippen molar-refractivity contribution in [3.63, 3.8) is 0 Å². The van der Waals surface area contributed by atoms with Gasteiger partial charge in [0.25, 0.3) is 0 Å². The number of hydrogen-bond donors (Lipinski definition) is 0. The lowest BCUT2D eigenvalue weighted by molar-refractivity contribution is 0.00693. The Morgan fingerprint density at radius 1 is 1.32 bits per heavy atom. The molecular formula is C18H22ClN3O3. The summed E-state index contributed by atoms with van der Waals surface area (Å²) in [6, 6.07) is 5.04. The third kappa shape index (κ3) is 4.51. The fourth-order valence-electron chi connectivity index (χ4n) is 2.16. The van der Waals surface area contributed by atoms with Crippen molar-refractivity contribution in [2.45, 2.75) is 46.1 Å². The van der Waals surface area contributed by atoms with E-state index in [1.807, 2.05) is 0 Å². The lowest BCUT2D eigenvalue weighted by Crippen LogP contribution is -2.24. The third-order valence-corrected chi connectivity index (χ3v) is 4.21. The van der Waals surface area contributed by atoms with Crippen LogP contribution in [0.15, 0.2) is 24.4 Å². The summed E-state index contributed by atoms with van der Waals surface area (Å²) in [6.45, 7) is 8.26. The van der Waals surface area contributed by atoms with Crippen LogP contribution in [0.1, 0.15) is 50.9 Å². The molecule has 0 aliphatic heterocycles. The van der Waals surface area contributed by atoms with Crippen LogP contribution in [-0.2, 0) is 4.74 Å². The van der Waals surface area contributed by atoms with Crippen LogP contribution in [0.4, 0.5) is 0 Å². The highest BCUT2D eigenvalue weighted by molar-refractivity contribution is 6.32. The highest BCUT2D eigenvalue weighted by Crippen LogP contribution is 2.44. The maximum absolute atomic E-state index is 12.1. The Bertz CT molecular complexity index is 791. The molecule has 7 heteroatoms.